The molecule has 1 atom stereocenters. The van der Waals surface area contributed by atoms with Gasteiger partial charge in [-0.05, 0) is 19.4 Å². The Morgan fingerprint density at radius 2 is 1.24 bits per heavy atom. The minimum absolute atomic E-state index is 0. The van der Waals surface area contributed by atoms with Crippen molar-refractivity contribution in [2.75, 3.05) is 6.54 Å². The van der Waals surface area contributed by atoms with Crippen molar-refractivity contribution in [3.05, 3.63) is 0 Å². The second kappa shape index (κ2) is 30.2. The van der Waals surface area contributed by atoms with Crippen LogP contribution in [0.5, 0.6) is 0 Å². The first-order valence-electron chi connectivity index (χ1n) is 4.46. The fourth-order valence-corrected chi connectivity index (χ4v) is 0.632. The second-order valence-corrected chi connectivity index (χ2v) is 3.57. The Morgan fingerprint density at radius 1 is 0.952 bits per heavy atom. The van der Waals surface area contributed by atoms with Crippen molar-refractivity contribution < 1.29 is 39.3 Å². The summed E-state index contributed by atoms with van der Waals surface area (Å²) in [6.07, 6.45) is 2.16. The van der Waals surface area contributed by atoms with Gasteiger partial charge in [0, 0.05) is 0 Å². The molecule has 0 aromatic carbocycles. The van der Waals surface area contributed by atoms with Crippen LogP contribution in [-0.2, 0) is 4.79 Å². The summed E-state index contributed by atoms with van der Waals surface area (Å²) in [7, 11) is -6.74. The first kappa shape index (κ1) is 38.7. The summed E-state index contributed by atoms with van der Waals surface area (Å²) in [4.78, 5) is 61.0. The van der Waals surface area contributed by atoms with Gasteiger partial charge >= 0.3 is 75.1 Å². The van der Waals surface area contributed by atoms with E-state index in [0.717, 1.165) is 12.8 Å². The Balaban J connectivity index is -0.0000000439. The monoisotopic (exact) mass is 376 g/mol. The average molecular weight is 377 g/mol. The molecule has 0 bridgehead atoms. The summed E-state index contributed by atoms with van der Waals surface area (Å²) in [5.74, 6) is -0.933. The molecule has 0 fully saturated rings. The number of carbonyl (C=O) groups is 1. The molecule has 0 amide bonds. The topological polar surface area (TPSA) is 228 Å². The van der Waals surface area contributed by atoms with E-state index in [1.165, 1.54) is 0 Å². The maximum absolute atomic E-state index is 10.1. The largest absolute Gasteiger partial charge is 2.00 e. The molecule has 10 nitrogen and oxygen atoms in total. The second-order valence-electron chi connectivity index (χ2n) is 2.68. The molecule has 0 heterocycles. The maximum Gasteiger partial charge on any atom is 2.00 e. The van der Waals surface area contributed by atoms with E-state index in [0.29, 0.717) is 13.0 Å². The molecule has 0 unspecified atom stereocenters. The van der Waals surface area contributed by atoms with Gasteiger partial charge in [0.25, 0.3) is 0 Å². The van der Waals surface area contributed by atoms with Gasteiger partial charge in [-0.2, -0.15) is 0 Å². The Kier molecular flexibility index (Phi) is 55.7. The van der Waals surface area contributed by atoms with Crippen LogP contribution in [0.2, 0.25) is 0 Å². The predicted molar refractivity (Wildman–Crippen MR) is 69.6 cm³/mol. The first-order valence-corrected chi connectivity index (χ1v) is 6.65. The van der Waals surface area contributed by atoms with Gasteiger partial charge < -0.3 is 63.1 Å². The van der Waals surface area contributed by atoms with Gasteiger partial charge in [-0.15, -0.1) is 0 Å². The third kappa shape index (κ3) is 71.9. The molecule has 0 aliphatic heterocycles. The molecule has 0 aliphatic rings. The molecule has 0 aliphatic carbocycles. The third-order valence-electron chi connectivity index (χ3n) is 1.29. The summed E-state index contributed by atoms with van der Waals surface area (Å²) in [6, 6.07) is -0.716. The molecular weight excluding hydrogens is 363 g/mol. The first-order chi connectivity index (χ1) is 8.14. The summed E-state index contributed by atoms with van der Waals surface area (Å²) in [6.45, 7) is 0.604. The van der Waals surface area contributed by atoms with Gasteiger partial charge in [-0.25, -0.2) is 0 Å². The van der Waals surface area contributed by atoms with Crippen molar-refractivity contribution in [3.8, 4) is 0 Å². The third-order valence-corrected chi connectivity index (χ3v) is 1.29. The van der Waals surface area contributed by atoms with E-state index in [1.54, 1.807) is 0 Å². The van der Waals surface area contributed by atoms with Crippen LogP contribution < -0.4 is 40.8 Å². The zero-order valence-electron chi connectivity index (χ0n) is 11.4. The van der Waals surface area contributed by atoms with Gasteiger partial charge in [0.15, 0.2) is 0 Å². The summed E-state index contributed by atoms with van der Waals surface area (Å²) < 4.78 is 0. The number of nitrogens with two attached hydrogens (primary N) is 2. The fraction of sp³-hybridized carbons (Fsp3) is 0.833. The number of unbranched alkanes of at least 4 members (excludes halogenated alkanes) is 1. The number of hydrogen-bond donors (Lipinski definition) is 3. The van der Waals surface area contributed by atoms with E-state index in [2.05, 4.69) is 0 Å². The maximum atomic E-state index is 10.1. The number of hydrogen-bond acceptors (Lipinski definition) is 9. The van der Waals surface area contributed by atoms with Crippen molar-refractivity contribution in [2.24, 2.45) is 11.5 Å². The molecule has 21 heavy (non-hydrogen) atoms. The van der Waals surface area contributed by atoms with Gasteiger partial charge in [0.1, 0.15) is 6.04 Å². The Morgan fingerprint density at radius 3 is 1.43 bits per heavy atom. The van der Waals surface area contributed by atoms with Crippen molar-refractivity contribution in [1.29, 1.82) is 0 Å². The van der Waals surface area contributed by atoms with Crippen LogP contribution in [0.4, 0.5) is 0 Å². The predicted octanol–water partition coefficient (Wildman–Crippen LogP) is -7.03. The molecule has 5 N–H and O–H groups in total. The van der Waals surface area contributed by atoms with Crippen molar-refractivity contribution in [1.82, 2.24) is 0 Å². The number of aliphatic carboxylic acids is 1. The van der Waals surface area contributed by atoms with Crippen LogP contribution in [0.1, 0.15) is 19.3 Å². The molecule has 0 saturated carbocycles. The molecule has 0 saturated heterocycles. The van der Waals surface area contributed by atoms with Crippen molar-refractivity contribution >= 4 is 92.3 Å². The molecule has 0 radical (unpaired) electrons. The average Bonchev–Trinajstić information content (AvgIpc) is 2.15. The summed E-state index contributed by atoms with van der Waals surface area (Å²) >= 11 is 0. The molecule has 0 spiro atoms. The summed E-state index contributed by atoms with van der Waals surface area (Å²) in [5, 5.41) is 8.33. The molecule has 0 aromatic rings. The minimum atomic E-state index is -3.37. The van der Waals surface area contributed by atoms with Gasteiger partial charge in [-0.1, -0.05) is 6.42 Å². The zero-order valence-corrected chi connectivity index (χ0v) is 17.4. The summed E-state index contributed by atoms with van der Waals surface area (Å²) in [5.41, 5.74) is 10.4. The molecular formula is C6H14Mg3N2O8P2. The van der Waals surface area contributed by atoms with Crippen LogP contribution >= 0.6 is 17.2 Å². The number of rotatable bonds is 5. The van der Waals surface area contributed by atoms with Crippen LogP contribution in [-0.4, -0.2) is 92.8 Å². The van der Waals surface area contributed by atoms with Gasteiger partial charge in [-0.3, -0.25) is 4.79 Å². The van der Waals surface area contributed by atoms with Crippen LogP contribution in [0.25, 0.3) is 0 Å². The Labute approximate surface area is 173 Å². The zero-order chi connectivity index (χ0) is 15.1. The van der Waals surface area contributed by atoms with Crippen LogP contribution in [0, 0.1) is 0 Å². The smallest absolute Gasteiger partial charge is 0.854 e. The van der Waals surface area contributed by atoms with Gasteiger partial charge in [0.05, 0.1) is 0 Å². The van der Waals surface area contributed by atoms with Crippen molar-refractivity contribution in [3.63, 3.8) is 0 Å². The van der Waals surface area contributed by atoms with E-state index in [1.807, 2.05) is 0 Å². The molecule has 0 aromatic heterocycles. The van der Waals surface area contributed by atoms with Gasteiger partial charge in [0.2, 0.25) is 0 Å². The van der Waals surface area contributed by atoms with Crippen LogP contribution in [0.3, 0.4) is 0 Å². The molecule has 15 heteroatoms. The minimum Gasteiger partial charge on any atom is -0.854 e. The number of carboxylic acid groups (broad SMARTS) is 1. The van der Waals surface area contributed by atoms with E-state index in [4.69, 9.17) is 45.9 Å². The molecule has 112 valence electrons. The quantitative estimate of drug-likeness (QED) is 0.233. The Hall–Kier alpha value is 2.31. The van der Waals surface area contributed by atoms with Crippen molar-refractivity contribution in [2.45, 2.75) is 25.3 Å². The SMILES string of the molecule is NCCCC[C@H](N)C(=O)O.[Mg+2].[Mg+2].[Mg+2].[O-]P([O-])[O-].[O-]P([O-])[O-]. The standard InChI is InChI=1S/C6H14N2O2.3Mg.2O3P/c7-4-2-1-3-5(8)6(9)10;;;;2*1-4(2)3/h5H,1-4,7-8H2,(H,9,10);;;;;/q;3*+2;2*-3/t5-;;;;;/m0...../s1. The van der Waals surface area contributed by atoms with E-state index < -0.39 is 29.2 Å². The van der Waals surface area contributed by atoms with E-state index >= 15 is 0 Å². The van der Waals surface area contributed by atoms with Crippen LogP contribution in [0.15, 0.2) is 0 Å². The number of carboxylic acids is 1. The normalized spacial score (nSPS) is 9.62. The Bertz CT molecular complexity index is 186. The fourth-order valence-electron chi connectivity index (χ4n) is 0.632. The van der Waals surface area contributed by atoms with E-state index in [9.17, 15) is 4.79 Å². The molecule has 0 rings (SSSR count). The van der Waals surface area contributed by atoms with E-state index in [-0.39, 0.29) is 69.2 Å².